The number of rotatable bonds is 12. The Morgan fingerprint density at radius 3 is 1.06 bits per heavy atom. The third kappa shape index (κ3) is 5.59. The zero-order valence-corrected chi connectivity index (χ0v) is 28.9. The van der Waals surface area contributed by atoms with Gasteiger partial charge in [0.25, 0.3) is 0 Å². The van der Waals surface area contributed by atoms with E-state index < -0.39 is 24.0 Å². The molecule has 0 spiro atoms. The van der Waals surface area contributed by atoms with Crippen LogP contribution in [0.2, 0.25) is 0 Å². The fourth-order valence-electron chi connectivity index (χ4n) is 8.38. The Morgan fingerprint density at radius 2 is 0.750 bits per heavy atom. The highest BCUT2D eigenvalue weighted by atomic mass is 16.3. The second kappa shape index (κ2) is 13.8. The van der Waals surface area contributed by atoms with Crippen LogP contribution >= 0.6 is 0 Å². The van der Waals surface area contributed by atoms with E-state index in [0.29, 0.717) is 0 Å². The molecule has 0 unspecified atom stereocenters. The van der Waals surface area contributed by atoms with Crippen LogP contribution in [0.25, 0.3) is 43.1 Å². The van der Waals surface area contributed by atoms with E-state index in [0.717, 1.165) is 95.3 Å². The largest absolute Gasteiger partial charge is 0.851 e. The van der Waals surface area contributed by atoms with Crippen LogP contribution in [-0.4, -0.2) is 38.4 Å². The van der Waals surface area contributed by atoms with Crippen molar-refractivity contribution in [1.82, 2.24) is 0 Å². The van der Waals surface area contributed by atoms with Gasteiger partial charge in [-0.25, -0.2) is 0 Å². The first kappa shape index (κ1) is 32.4. The van der Waals surface area contributed by atoms with Crippen LogP contribution in [-0.2, 0) is 0 Å². The predicted octanol–water partition coefficient (Wildman–Crippen LogP) is 8.89. The molecular formula is C44H48N2O2-2. The molecule has 0 bridgehead atoms. The zero-order valence-electron chi connectivity index (χ0n) is 28.9. The second-order valence-corrected chi connectivity index (χ2v) is 13.8. The molecule has 6 aromatic rings. The van der Waals surface area contributed by atoms with E-state index in [-0.39, 0.29) is 0 Å². The van der Waals surface area contributed by atoms with Crippen LogP contribution in [0.15, 0.2) is 97.1 Å². The quantitative estimate of drug-likeness (QED) is 0.126. The number of nitrogens with zero attached hydrogens (tertiary/aromatic N) is 2. The summed E-state index contributed by atoms with van der Waals surface area (Å²) in [6.07, 6.45) is 2.20. The summed E-state index contributed by atoms with van der Waals surface area (Å²) in [7, 11) is 0. The highest BCUT2D eigenvalue weighted by Crippen LogP contribution is 2.51. The lowest BCUT2D eigenvalue weighted by molar-refractivity contribution is -0.535. The molecule has 0 saturated heterocycles. The molecule has 4 heteroatoms. The maximum Gasteiger partial charge on any atom is 0.0446 e. The summed E-state index contributed by atoms with van der Waals surface area (Å²) in [6.45, 7) is 12.8. The van der Waals surface area contributed by atoms with Crippen LogP contribution < -0.4 is 20.0 Å². The third-order valence-corrected chi connectivity index (χ3v) is 10.6. The topological polar surface area (TPSA) is 52.6 Å². The fourth-order valence-corrected chi connectivity index (χ4v) is 8.38. The average molecular weight is 637 g/mol. The van der Waals surface area contributed by atoms with Gasteiger partial charge in [0, 0.05) is 48.3 Å². The lowest BCUT2D eigenvalue weighted by Gasteiger charge is -2.62. The van der Waals surface area contributed by atoms with Crippen molar-refractivity contribution in [2.45, 2.75) is 77.4 Å². The SMILES string of the molecule is CCCN(CCC)c1ccc(C2C([O-])C(c3ccc(N(CCC)CCC)c4cc5ccccc5cc34)C2[O-])c2cc3ccccc3cc12. The minimum atomic E-state index is -1.02. The molecule has 0 atom stereocenters. The molecule has 0 N–H and O–H groups in total. The molecule has 1 aliphatic rings. The van der Waals surface area contributed by atoms with Gasteiger partial charge in [0.1, 0.15) is 0 Å². The molecule has 248 valence electrons. The first-order valence-corrected chi connectivity index (χ1v) is 18.2. The summed E-state index contributed by atoms with van der Waals surface area (Å²) in [6, 6.07) is 34.4. The van der Waals surface area contributed by atoms with E-state index in [1.54, 1.807) is 0 Å². The van der Waals surface area contributed by atoms with Gasteiger partial charge in [0.05, 0.1) is 0 Å². The van der Waals surface area contributed by atoms with Crippen molar-refractivity contribution in [1.29, 1.82) is 0 Å². The Labute approximate surface area is 285 Å². The molecule has 4 nitrogen and oxygen atoms in total. The van der Waals surface area contributed by atoms with E-state index in [1.807, 2.05) is 0 Å². The molecule has 0 amide bonds. The fraction of sp³-hybridized carbons (Fsp3) is 0.364. The van der Waals surface area contributed by atoms with Crippen molar-refractivity contribution in [3.63, 3.8) is 0 Å². The average Bonchev–Trinajstić information content (AvgIpc) is 3.10. The number of hydrogen-bond acceptors (Lipinski definition) is 4. The first-order chi connectivity index (χ1) is 23.5. The molecule has 0 aromatic heterocycles. The van der Waals surface area contributed by atoms with Crippen LogP contribution in [0, 0.1) is 0 Å². The van der Waals surface area contributed by atoms with Crippen molar-refractivity contribution >= 4 is 54.5 Å². The van der Waals surface area contributed by atoms with Crippen molar-refractivity contribution in [2.24, 2.45) is 0 Å². The molecule has 48 heavy (non-hydrogen) atoms. The Hall–Kier alpha value is -4.12. The summed E-state index contributed by atoms with van der Waals surface area (Å²) in [4.78, 5) is 4.93. The lowest BCUT2D eigenvalue weighted by Crippen LogP contribution is -2.63. The minimum Gasteiger partial charge on any atom is -0.851 e. The highest BCUT2D eigenvalue weighted by molar-refractivity contribution is 6.07. The van der Waals surface area contributed by atoms with Gasteiger partial charge in [0.2, 0.25) is 0 Å². The van der Waals surface area contributed by atoms with Gasteiger partial charge >= 0.3 is 0 Å². The molecule has 0 aliphatic heterocycles. The normalized spacial score (nSPS) is 19.3. The van der Waals surface area contributed by atoms with E-state index in [1.165, 1.54) is 22.1 Å². The summed E-state index contributed by atoms with van der Waals surface area (Å²) >= 11 is 0. The Kier molecular flexibility index (Phi) is 9.31. The summed E-state index contributed by atoms with van der Waals surface area (Å²) in [5, 5.41) is 38.0. The van der Waals surface area contributed by atoms with Crippen molar-refractivity contribution in [2.75, 3.05) is 36.0 Å². The Balaban J connectivity index is 1.34. The minimum absolute atomic E-state index is 0.592. The van der Waals surface area contributed by atoms with Gasteiger partial charge < -0.3 is 20.0 Å². The van der Waals surface area contributed by atoms with Crippen molar-refractivity contribution in [3.05, 3.63) is 108 Å². The van der Waals surface area contributed by atoms with Crippen molar-refractivity contribution in [3.8, 4) is 0 Å². The first-order valence-electron chi connectivity index (χ1n) is 18.2. The van der Waals surface area contributed by atoms with Gasteiger partial charge in [0.15, 0.2) is 0 Å². The van der Waals surface area contributed by atoms with Crippen LogP contribution in [0.3, 0.4) is 0 Å². The van der Waals surface area contributed by atoms with Crippen LogP contribution in [0.5, 0.6) is 0 Å². The smallest absolute Gasteiger partial charge is 0.0446 e. The van der Waals surface area contributed by atoms with E-state index >= 15 is 0 Å². The third-order valence-electron chi connectivity index (χ3n) is 10.6. The molecule has 0 radical (unpaired) electrons. The summed E-state index contributed by atoms with van der Waals surface area (Å²) < 4.78 is 0. The van der Waals surface area contributed by atoms with Gasteiger partial charge in [-0.05, 0) is 117 Å². The van der Waals surface area contributed by atoms with E-state index in [2.05, 4.69) is 135 Å². The summed E-state index contributed by atoms with van der Waals surface area (Å²) in [5.41, 5.74) is 4.21. The van der Waals surface area contributed by atoms with Crippen molar-refractivity contribution < 1.29 is 10.2 Å². The maximum absolute atomic E-state index is 14.5. The van der Waals surface area contributed by atoms with Gasteiger partial charge in [-0.15, -0.1) is 12.2 Å². The molecule has 6 aromatic carbocycles. The highest BCUT2D eigenvalue weighted by Gasteiger charge is 2.40. The Bertz CT molecular complexity index is 1900. The molecular weight excluding hydrogens is 588 g/mol. The number of anilines is 2. The van der Waals surface area contributed by atoms with Crippen LogP contribution in [0.1, 0.15) is 76.3 Å². The number of hydrogen-bond donors (Lipinski definition) is 0. The second-order valence-electron chi connectivity index (χ2n) is 13.8. The zero-order chi connectivity index (χ0) is 33.4. The monoisotopic (exact) mass is 636 g/mol. The predicted molar refractivity (Wildman–Crippen MR) is 202 cm³/mol. The van der Waals surface area contributed by atoms with Crippen LogP contribution in [0.4, 0.5) is 11.4 Å². The molecule has 1 aliphatic carbocycles. The summed E-state index contributed by atoms with van der Waals surface area (Å²) in [5.74, 6) is -1.18. The standard InChI is InChI=1S/C44H48N2O2/c1-5-21-45(22-6-2)39-19-17-33(35-25-29-13-9-11-15-31(29)27-37(35)39)41-43(47)42(44(41)48)34-18-20-40(46(23-7-3)24-8-4)38-28-32-16-12-10-14-30(32)26-36(34)38/h9-20,25-28,41-44H,5-8,21-24H2,1-4H3/q-2. The number of benzene rings is 6. The molecule has 0 heterocycles. The Morgan fingerprint density at radius 1 is 0.438 bits per heavy atom. The van der Waals surface area contributed by atoms with E-state index in [4.69, 9.17) is 0 Å². The molecule has 1 fully saturated rings. The van der Waals surface area contributed by atoms with Gasteiger partial charge in [-0.2, -0.15) is 0 Å². The maximum atomic E-state index is 14.5. The van der Waals surface area contributed by atoms with E-state index in [9.17, 15) is 10.2 Å². The lowest BCUT2D eigenvalue weighted by atomic mass is 9.62. The van der Waals surface area contributed by atoms with Gasteiger partial charge in [-0.3, -0.25) is 0 Å². The molecule has 1 saturated carbocycles. The number of fused-ring (bicyclic) bond motifs is 4. The van der Waals surface area contributed by atoms with Gasteiger partial charge in [-0.1, -0.05) is 88.4 Å². The molecule has 7 rings (SSSR count).